The molecule has 9 heteroatoms. The number of carbonyl (C=O) groups excluding carboxylic acids is 3. The van der Waals surface area contributed by atoms with Crippen molar-refractivity contribution in [2.24, 2.45) is 17.6 Å². The van der Waals surface area contributed by atoms with Crippen LogP contribution in [0.3, 0.4) is 0 Å². The van der Waals surface area contributed by atoms with Crippen LogP contribution in [0.4, 0.5) is 9.18 Å². The van der Waals surface area contributed by atoms with E-state index in [1.54, 1.807) is 48.2 Å². The van der Waals surface area contributed by atoms with E-state index in [9.17, 15) is 29.0 Å². The number of nitrogens with two attached hydrogens (primary N) is 1. The van der Waals surface area contributed by atoms with Gasteiger partial charge in [-0.3, -0.25) is 14.5 Å². The molecule has 3 aromatic rings. The van der Waals surface area contributed by atoms with Crippen molar-refractivity contribution in [1.82, 2.24) is 9.80 Å². The van der Waals surface area contributed by atoms with Crippen molar-refractivity contribution in [1.29, 1.82) is 0 Å². The summed E-state index contributed by atoms with van der Waals surface area (Å²) in [5.74, 6) is -3.28. The lowest BCUT2D eigenvalue weighted by atomic mass is 9.67. The van der Waals surface area contributed by atoms with Crippen molar-refractivity contribution in [2.75, 3.05) is 26.2 Å². The van der Waals surface area contributed by atoms with E-state index in [-0.39, 0.29) is 42.2 Å². The lowest BCUT2D eigenvalue weighted by molar-refractivity contribution is 0.0465. The average molecular weight is 546 g/mol. The first-order chi connectivity index (χ1) is 19.1. The van der Waals surface area contributed by atoms with Gasteiger partial charge in [-0.2, -0.15) is 0 Å². The zero-order valence-electron chi connectivity index (χ0n) is 22.2. The Kier molecular flexibility index (Phi) is 7.58. The number of rotatable bonds is 6. The van der Waals surface area contributed by atoms with E-state index in [0.29, 0.717) is 41.8 Å². The van der Waals surface area contributed by atoms with Crippen molar-refractivity contribution in [3.63, 3.8) is 0 Å². The normalized spacial score (nSPS) is 23.2. The number of hydrogen-bond acceptors (Lipinski definition) is 6. The molecule has 2 amide bonds. The molecule has 2 fully saturated rings. The largest absolute Gasteiger partial charge is 0.508 e. The van der Waals surface area contributed by atoms with Crippen LogP contribution in [0.5, 0.6) is 11.5 Å². The Morgan fingerprint density at radius 3 is 1.90 bits per heavy atom. The van der Waals surface area contributed by atoms with E-state index in [4.69, 9.17) is 5.73 Å². The third kappa shape index (κ3) is 5.29. The second-order valence-corrected chi connectivity index (χ2v) is 10.7. The van der Waals surface area contributed by atoms with E-state index in [0.717, 1.165) is 0 Å². The van der Waals surface area contributed by atoms with Gasteiger partial charge >= 0.3 is 6.03 Å². The molecule has 40 heavy (non-hydrogen) atoms. The molecule has 4 N–H and O–H groups in total. The second kappa shape index (κ2) is 11.1. The molecular weight excluding hydrogens is 513 g/mol. The molecule has 2 aliphatic heterocycles. The van der Waals surface area contributed by atoms with E-state index >= 15 is 0 Å². The zero-order chi connectivity index (χ0) is 28.6. The number of urea groups is 1. The molecular formula is C31H32FN3O5. The van der Waals surface area contributed by atoms with Crippen molar-refractivity contribution >= 4 is 17.6 Å². The second-order valence-electron chi connectivity index (χ2n) is 10.7. The van der Waals surface area contributed by atoms with E-state index in [2.05, 4.69) is 4.90 Å². The third-order valence-electron chi connectivity index (χ3n) is 8.32. The molecule has 3 atom stereocenters. The summed E-state index contributed by atoms with van der Waals surface area (Å²) in [6.45, 7) is 3.04. The Bertz CT molecular complexity index is 1390. The van der Waals surface area contributed by atoms with Crippen LogP contribution in [-0.2, 0) is 0 Å². The lowest BCUT2D eigenvalue weighted by Gasteiger charge is -2.45. The van der Waals surface area contributed by atoms with Gasteiger partial charge in [0, 0.05) is 61.1 Å². The summed E-state index contributed by atoms with van der Waals surface area (Å²) in [5.41, 5.74) is 7.05. The van der Waals surface area contributed by atoms with Crippen molar-refractivity contribution in [3.05, 3.63) is 94.8 Å². The van der Waals surface area contributed by atoms with Crippen molar-refractivity contribution in [2.45, 2.75) is 25.3 Å². The van der Waals surface area contributed by atoms with Crippen molar-refractivity contribution < 1.29 is 29.0 Å². The van der Waals surface area contributed by atoms with Gasteiger partial charge in [-0.15, -0.1) is 0 Å². The number of aromatic hydroxyl groups is 2. The summed E-state index contributed by atoms with van der Waals surface area (Å²) >= 11 is 0. The highest BCUT2D eigenvalue weighted by atomic mass is 19.1. The molecule has 0 aliphatic carbocycles. The molecule has 0 radical (unpaired) electrons. The molecule has 3 unspecified atom stereocenters. The number of piperidine rings is 1. The maximum Gasteiger partial charge on any atom is 0.314 e. The van der Waals surface area contributed by atoms with E-state index in [1.165, 1.54) is 30.3 Å². The van der Waals surface area contributed by atoms with Crippen LogP contribution in [-0.4, -0.2) is 69.8 Å². The standard InChI is InChI=1S/C31H32FN3O5/c1-18-24(9-4-10-27(18)32)28-25(29(38)19-5-2-7-22(36)13-19)16-35(21-11-12-34(15-21)31(33)40)17-26(28)30(39)20-6-3-8-23(37)14-20/h2-10,13-14,21,25-26,28,36-37H,11-12,15-17H2,1H3,(H2,33,40). The molecule has 2 heterocycles. The Balaban J connectivity index is 1.63. The summed E-state index contributed by atoms with van der Waals surface area (Å²) in [6.07, 6.45) is 0.632. The highest BCUT2D eigenvalue weighted by Crippen LogP contribution is 2.43. The van der Waals surface area contributed by atoms with Gasteiger partial charge < -0.3 is 20.8 Å². The fourth-order valence-corrected chi connectivity index (χ4v) is 6.28. The maximum atomic E-state index is 14.9. The average Bonchev–Trinajstić information content (AvgIpc) is 3.44. The molecule has 5 rings (SSSR count). The Morgan fingerprint density at radius 2 is 1.40 bits per heavy atom. The van der Waals surface area contributed by atoms with Gasteiger partial charge in [-0.25, -0.2) is 9.18 Å². The monoisotopic (exact) mass is 545 g/mol. The predicted molar refractivity (Wildman–Crippen MR) is 147 cm³/mol. The summed E-state index contributed by atoms with van der Waals surface area (Å²) in [4.78, 5) is 43.8. The van der Waals surface area contributed by atoms with Crippen LogP contribution in [0.15, 0.2) is 66.7 Å². The summed E-state index contributed by atoms with van der Waals surface area (Å²) in [5, 5.41) is 20.2. The Hall–Kier alpha value is -4.24. The minimum absolute atomic E-state index is 0.0581. The molecule has 8 nitrogen and oxygen atoms in total. The quantitative estimate of drug-likeness (QED) is 0.401. The minimum atomic E-state index is -0.759. The van der Waals surface area contributed by atoms with E-state index < -0.39 is 29.6 Å². The topological polar surface area (TPSA) is 124 Å². The SMILES string of the molecule is Cc1c(F)cccc1C1C(C(=O)c2cccc(O)c2)CN(C2CCN(C(N)=O)C2)CC1C(=O)c1cccc(O)c1. The maximum absolute atomic E-state index is 14.9. The number of phenolic OH excluding ortho intramolecular Hbond substituents is 2. The Labute approximate surface area is 231 Å². The summed E-state index contributed by atoms with van der Waals surface area (Å²) < 4.78 is 14.9. The molecule has 208 valence electrons. The minimum Gasteiger partial charge on any atom is -0.508 e. The number of amides is 2. The number of likely N-dealkylation sites (tertiary alicyclic amines) is 2. The summed E-state index contributed by atoms with van der Waals surface area (Å²) in [6, 6.07) is 16.2. The smallest absolute Gasteiger partial charge is 0.314 e. The molecule has 0 spiro atoms. The first-order valence-electron chi connectivity index (χ1n) is 13.3. The van der Waals surface area contributed by atoms with Gasteiger partial charge in [0.15, 0.2) is 11.6 Å². The molecule has 0 saturated carbocycles. The van der Waals surface area contributed by atoms with Gasteiger partial charge in [0.25, 0.3) is 0 Å². The first-order valence-corrected chi connectivity index (χ1v) is 13.3. The highest BCUT2D eigenvalue weighted by Gasteiger charge is 2.47. The zero-order valence-corrected chi connectivity index (χ0v) is 22.2. The number of nitrogens with zero attached hydrogens (tertiary/aromatic N) is 2. The van der Waals surface area contributed by atoms with Gasteiger partial charge in [0.2, 0.25) is 0 Å². The van der Waals surface area contributed by atoms with Gasteiger partial charge in [0.05, 0.1) is 0 Å². The van der Waals surface area contributed by atoms with E-state index in [1.807, 2.05) is 0 Å². The fourth-order valence-electron chi connectivity index (χ4n) is 6.28. The summed E-state index contributed by atoms with van der Waals surface area (Å²) in [7, 11) is 0. The van der Waals surface area contributed by atoms with Crippen molar-refractivity contribution in [3.8, 4) is 11.5 Å². The van der Waals surface area contributed by atoms with Crippen LogP contribution in [0.1, 0.15) is 44.2 Å². The van der Waals surface area contributed by atoms with Gasteiger partial charge in [0.1, 0.15) is 17.3 Å². The molecule has 2 aliphatic rings. The Morgan fingerprint density at radius 1 is 0.850 bits per heavy atom. The molecule has 2 saturated heterocycles. The molecule has 3 aromatic carbocycles. The number of phenols is 2. The fraction of sp³-hybridized carbons (Fsp3) is 0.323. The number of carbonyl (C=O) groups is 3. The number of halogens is 1. The lowest BCUT2D eigenvalue weighted by Crippen LogP contribution is -2.54. The van der Waals surface area contributed by atoms with Crippen LogP contribution < -0.4 is 5.73 Å². The first kappa shape index (κ1) is 27.3. The predicted octanol–water partition coefficient (Wildman–Crippen LogP) is 4.10. The highest BCUT2D eigenvalue weighted by molar-refractivity contribution is 6.02. The number of hydrogen-bond donors (Lipinski definition) is 3. The third-order valence-corrected chi connectivity index (χ3v) is 8.32. The number of primary amides is 1. The molecule has 0 aromatic heterocycles. The van der Waals surface area contributed by atoms with Crippen LogP contribution >= 0.6 is 0 Å². The van der Waals surface area contributed by atoms with Crippen LogP contribution in [0.2, 0.25) is 0 Å². The van der Waals surface area contributed by atoms with Gasteiger partial charge in [-0.05, 0) is 54.8 Å². The van der Waals surface area contributed by atoms with Crippen LogP contribution in [0.25, 0.3) is 0 Å². The number of ketones is 2. The van der Waals surface area contributed by atoms with Crippen LogP contribution in [0, 0.1) is 24.6 Å². The number of Topliss-reactive ketones (excluding diaryl/α,β-unsaturated/α-hetero) is 2. The molecule has 0 bridgehead atoms. The number of benzene rings is 3. The van der Waals surface area contributed by atoms with Gasteiger partial charge in [-0.1, -0.05) is 36.4 Å².